The zero-order valence-corrected chi connectivity index (χ0v) is 13.4. The number of halogens is 1. The minimum absolute atomic E-state index is 0. The molecule has 13 nitrogen and oxygen atoms in total. The van der Waals surface area contributed by atoms with Crippen molar-refractivity contribution in [3.63, 3.8) is 0 Å². The van der Waals surface area contributed by atoms with E-state index in [4.69, 9.17) is 20.3 Å². The maximum atomic E-state index is 13.3. The highest BCUT2D eigenvalue weighted by molar-refractivity contribution is 7.46. The third kappa shape index (κ3) is 3.75. The van der Waals surface area contributed by atoms with Gasteiger partial charge in [-0.05, 0) is 0 Å². The molecule has 9 N–H and O–H groups in total. The fourth-order valence-corrected chi connectivity index (χ4v) is 2.71. The molecule has 1 aliphatic heterocycles. The molecule has 0 spiro atoms. The number of phosphoric acid groups is 1. The van der Waals surface area contributed by atoms with Gasteiger partial charge in [0.2, 0.25) is 0 Å². The third-order valence-electron chi connectivity index (χ3n) is 3.44. The zero-order chi connectivity index (χ0) is 17.6. The summed E-state index contributed by atoms with van der Waals surface area (Å²) in [4.78, 5) is 28.1. The molecule has 140 valence electrons. The van der Waals surface area contributed by atoms with Gasteiger partial charge in [-0.3, -0.25) is 9.09 Å². The molecule has 15 heteroatoms. The second kappa shape index (κ2) is 6.86. The van der Waals surface area contributed by atoms with E-state index in [1.807, 2.05) is 0 Å². The smallest absolute Gasteiger partial charge is 0.387 e. The van der Waals surface area contributed by atoms with Crippen LogP contribution in [0, 0.1) is 6.08 Å². The van der Waals surface area contributed by atoms with Gasteiger partial charge in [0.25, 0.3) is 0 Å². The molecule has 0 aliphatic carbocycles. The highest BCUT2D eigenvalue weighted by Crippen LogP contribution is 2.38. The van der Waals surface area contributed by atoms with Crippen molar-refractivity contribution in [2.24, 2.45) is 0 Å². The second-order valence-corrected chi connectivity index (χ2v) is 6.27. The largest absolute Gasteiger partial charge is 0.469 e. The van der Waals surface area contributed by atoms with Crippen LogP contribution in [-0.4, -0.2) is 64.4 Å². The summed E-state index contributed by atoms with van der Waals surface area (Å²) >= 11 is 0. The molecule has 1 saturated heterocycles. The number of aromatic nitrogens is 4. The highest BCUT2D eigenvalue weighted by Gasteiger charge is 2.45. The Balaban J connectivity index is 0.00000225. The first-order valence-corrected chi connectivity index (χ1v) is 8.07. The number of fused-ring (bicyclic) bond motifs is 1. The Kier molecular flexibility index (Phi) is 5.36. The number of hydrogen-bond acceptors (Lipinski definition) is 10. The second-order valence-electron chi connectivity index (χ2n) is 5.03. The lowest BCUT2D eigenvalue weighted by molar-refractivity contribution is -0.0504. The number of nitrogen functional groups attached to an aromatic ring is 1. The van der Waals surface area contributed by atoms with Crippen molar-refractivity contribution in [3.05, 3.63) is 12.4 Å². The number of imidazole rings is 1. The van der Waals surface area contributed by atoms with E-state index >= 15 is 0 Å². The summed E-state index contributed by atoms with van der Waals surface area (Å²) in [6, 6.07) is 0. The van der Waals surface area contributed by atoms with Gasteiger partial charge in [0.05, 0.1) is 12.9 Å². The lowest BCUT2D eigenvalue weighted by Crippen LogP contribution is -2.33. The Hall–Kier alpha value is -1.77. The van der Waals surface area contributed by atoms with Crippen LogP contribution in [0.4, 0.5) is 10.2 Å². The van der Waals surface area contributed by atoms with Crippen molar-refractivity contribution in [2.45, 2.75) is 24.5 Å². The molecule has 0 saturated carbocycles. The van der Waals surface area contributed by atoms with E-state index in [-0.39, 0.29) is 23.1 Å². The number of anilines is 1. The van der Waals surface area contributed by atoms with Gasteiger partial charge in [-0.1, -0.05) is 0 Å². The topological polar surface area (TPSA) is 221 Å². The predicted octanol–water partition coefficient (Wildman–Crippen LogP) is -1.56. The molecule has 3 heterocycles. The number of phosphoric ester groups is 1. The van der Waals surface area contributed by atoms with E-state index in [2.05, 4.69) is 19.5 Å². The van der Waals surface area contributed by atoms with Crippen molar-refractivity contribution in [1.82, 2.24) is 25.7 Å². The molecule has 0 aromatic carbocycles. The Morgan fingerprint density at radius 2 is 2.04 bits per heavy atom. The van der Waals surface area contributed by atoms with E-state index in [9.17, 15) is 19.2 Å². The third-order valence-corrected chi connectivity index (χ3v) is 3.92. The fraction of sp³-hybridized carbons (Fsp3) is 0.500. The summed E-state index contributed by atoms with van der Waals surface area (Å²) in [5.74, 6) is -0.217. The molecule has 4 atom stereocenters. The molecule has 2 aromatic heterocycles. The molecule has 0 radical (unpaired) electrons. The molecular weight excluding hydrogens is 366 g/mol. The number of rotatable bonds is 4. The van der Waals surface area contributed by atoms with E-state index in [1.165, 1.54) is 0 Å². The molecule has 25 heavy (non-hydrogen) atoms. The fourth-order valence-electron chi connectivity index (χ4n) is 2.36. The van der Waals surface area contributed by atoms with Crippen LogP contribution in [0.25, 0.3) is 11.2 Å². The quantitative estimate of drug-likeness (QED) is 0.261. The van der Waals surface area contributed by atoms with Crippen molar-refractivity contribution in [1.29, 1.82) is 0 Å². The molecule has 0 unspecified atom stereocenters. The standard InChI is InChI=1S/C10H13FN5O7P.H3N/c11-10-14-7(12)4-8(15-10)16(2-13-4)9-6(18)5(17)3(23-9)1-22-24(19,20)21;/h2-3,5-6,9,17-18H,1H2,(H2,12,14,15)(H2,19,20,21);1H3/t3-,5-,6+,9-;/m1./s1. The van der Waals surface area contributed by atoms with E-state index in [1.54, 1.807) is 0 Å². The molecule has 1 fully saturated rings. The van der Waals surface area contributed by atoms with Crippen LogP contribution in [-0.2, 0) is 13.8 Å². The lowest BCUT2D eigenvalue weighted by atomic mass is 10.1. The summed E-state index contributed by atoms with van der Waals surface area (Å²) in [6.45, 7) is -0.670. The van der Waals surface area contributed by atoms with Gasteiger partial charge in [0.1, 0.15) is 18.3 Å². The number of nitrogens with two attached hydrogens (primary N) is 1. The summed E-state index contributed by atoms with van der Waals surface area (Å²) in [6.07, 6.45) is -5.46. The molecular formula is C10H16FN6O7P. The Labute approximate surface area is 139 Å². The summed E-state index contributed by atoms with van der Waals surface area (Å²) in [7, 11) is -4.78. The van der Waals surface area contributed by atoms with Crippen molar-refractivity contribution in [3.8, 4) is 0 Å². The zero-order valence-electron chi connectivity index (χ0n) is 12.5. The van der Waals surface area contributed by atoms with Crippen LogP contribution in [0.3, 0.4) is 0 Å². The van der Waals surface area contributed by atoms with E-state index in [0.29, 0.717) is 0 Å². The van der Waals surface area contributed by atoms with Gasteiger partial charge in [-0.15, -0.1) is 0 Å². The average molecular weight is 382 g/mol. The van der Waals surface area contributed by atoms with Crippen LogP contribution in [0.1, 0.15) is 6.23 Å². The van der Waals surface area contributed by atoms with Crippen molar-refractivity contribution in [2.75, 3.05) is 12.3 Å². The average Bonchev–Trinajstić information content (AvgIpc) is 3.00. The highest BCUT2D eigenvalue weighted by atomic mass is 31.2. The van der Waals surface area contributed by atoms with Crippen LogP contribution >= 0.6 is 7.82 Å². The summed E-state index contributed by atoms with van der Waals surface area (Å²) < 4.78 is 34.8. The van der Waals surface area contributed by atoms with Crippen LogP contribution < -0.4 is 11.9 Å². The van der Waals surface area contributed by atoms with Gasteiger partial charge in [-0.2, -0.15) is 14.4 Å². The molecule has 0 bridgehead atoms. The number of ether oxygens (including phenoxy) is 1. The number of aliphatic hydroxyl groups is 2. The lowest BCUT2D eigenvalue weighted by Gasteiger charge is -2.16. The van der Waals surface area contributed by atoms with Gasteiger partial charge in [0, 0.05) is 0 Å². The minimum Gasteiger partial charge on any atom is -0.387 e. The summed E-state index contributed by atoms with van der Waals surface area (Å²) in [5, 5.41) is 20.0. The summed E-state index contributed by atoms with van der Waals surface area (Å²) in [5.41, 5.74) is 5.52. The van der Waals surface area contributed by atoms with Crippen molar-refractivity contribution >= 4 is 24.8 Å². The predicted molar refractivity (Wildman–Crippen MR) is 78.6 cm³/mol. The van der Waals surface area contributed by atoms with E-state index in [0.717, 1.165) is 10.9 Å². The van der Waals surface area contributed by atoms with Gasteiger partial charge in [0.15, 0.2) is 23.2 Å². The van der Waals surface area contributed by atoms with Crippen LogP contribution in [0.2, 0.25) is 0 Å². The number of hydrogen-bond donors (Lipinski definition) is 6. The van der Waals surface area contributed by atoms with Crippen LogP contribution in [0.15, 0.2) is 6.33 Å². The van der Waals surface area contributed by atoms with E-state index < -0.39 is 45.0 Å². The molecule has 1 aliphatic rings. The molecule has 2 aromatic rings. The molecule has 3 rings (SSSR count). The first-order valence-electron chi connectivity index (χ1n) is 6.54. The normalized spacial score (nSPS) is 26.8. The number of aliphatic hydroxyl groups excluding tert-OH is 2. The first kappa shape index (κ1) is 19.6. The minimum atomic E-state index is -4.78. The SMILES string of the molecule is N.Nc1nc(F)nc2c1ncn2[C@@H]1O[C@H](COP(=O)(O)O)[C@@H](O)[C@@H]1O. The van der Waals surface area contributed by atoms with Gasteiger partial charge < -0.3 is 36.6 Å². The monoisotopic (exact) mass is 382 g/mol. The Bertz CT molecular complexity index is 814. The van der Waals surface area contributed by atoms with Crippen LogP contribution in [0.5, 0.6) is 0 Å². The van der Waals surface area contributed by atoms with Gasteiger partial charge in [-0.25, -0.2) is 9.55 Å². The maximum absolute atomic E-state index is 13.3. The molecule has 0 amide bonds. The first-order chi connectivity index (χ1) is 11.2. The Morgan fingerprint density at radius 1 is 1.36 bits per heavy atom. The number of nitrogens with zero attached hydrogens (tertiary/aromatic N) is 4. The van der Waals surface area contributed by atoms with Gasteiger partial charge >= 0.3 is 13.9 Å². The van der Waals surface area contributed by atoms with Crippen molar-refractivity contribution < 1.29 is 38.2 Å². The maximum Gasteiger partial charge on any atom is 0.469 e. The Morgan fingerprint density at radius 3 is 2.68 bits per heavy atom.